The number of benzene rings is 1. The van der Waals surface area contributed by atoms with Crippen LogP contribution in [0.1, 0.15) is 25.0 Å². The summed E-state index contributed by atoms with van der Waals surface area (Å²) < 4.78 is 5.40. The summed E-state index contributed by atoms with van der Waals surface area (Å²) in [5, 5.41) is 19.0. The van der Waals surface area contributed by atoms with Crippen LogP contribution in [-0.4, -0.2) is 60.3 Å². The number of anilines is 1. The number of carboxylic acids is 1. The van der Waals surface area contributed by atoms with Gasteiger partial charge in [-0.1, -0.05) is 6.07 Å². The van der Waals surface area contributed by atoms with Gasteiger partial charge in [0.25, 0.3) is 5.91 Å². The van der Waals surface area contributed by atoms with Crippen molar-refractivity contribution in [3.63, 3.8) is 0 Å². The highest BCUT2D eigenvalue weighted by Gasteiger charge is 2.25. The lowest BCUT2D eigenvalue weighted by molar-refractivity contribution is -0.138. The van der Waals surface area contributed by atoms with Crippen molar-refractivity contribution < 1.29 is 24.5 Å². The molecule has 2 rings (SSSR count). The Morgan fingerprint density at radius 1 is 1.48 bits per heavy atom. The lowest BCUT2D eigenvalue weighted by Crippen LogP contribution is -2.38. The van der Waals surface area contributed by atoms with E-state index in [-0.39, 0.29) is 19.1 Å². The number of ether oxygens (including phenoxy) is 1. The molecular formula is C16H22N2O5. The van der Waals surface area contributed by atoms with Crippen molar-refractivity contribution in [3.8, 4) is 5.75 Å². The number of amides is 1. The first-order chi connectivity index (χ1) is 10.9. The van der Waals surface area contributed by atoms with E-state index in [1.54, 1.807) is 35.0 Å². The first-order valence-electron chi connectivity index (χ1n) is 7.58. The zero-order chi connectivity index (χ0) is 17.0. The monoisotopic (exact) mass is 322 g/mol. The number of rotatable bonds is 7. The third-order valence-electron chi connectivity index (χ3n) is 3.82. The molecule has 0 saturated carbocycles. The van der Waals surface area contributed by atoms with Gasteiger partial charge in [-0.15, -0.1) is 0 Å². The third kappa shape index (κ3) is 4.20. The van der Waals surface area contributed by atoms with E-state index in [4.69, 9.17) is 9.84 Å². The van der Waals surface area contributed by atoms with E-state index >= 15 is 0 Å². The normalized spacial score (nSPS) is 15.3. The van der Waals surface area contributed by atoms with Gasteiger partial charge < -0.3 is 19.8 Å². The van der Waals surface area contributed by atoms with E-state index in [1.807, 2.05) is 6.92 Å². The molecule has 0 bridgehead atoms. The van der Waals surface area contributed by atoms with E-state index in [9.17, 15) is 14.7 Å². The van der Waals surface area contributed by atoms with Crippen LogP contribution in [0.4, 0.5) is 5.69 Å². The summed E-state index contributed by atoms with van der Waals surface area (Å²) in [6, 6.07) is 5.28. The molecule has 1 aliphatic rings. The number of carbonyl (C=O) groups is 2. The highest BCUT2D eigenvalue weighted by atomic mass is 16.5. The molecule has 0 fully saturated rings. The summed E-state index contributed by atoms with van der Waals surface area (Å²) in [6.45, 7) is 2.84. The van der Waals surface area contributed by atoms with E-state index in [2.05, 4.69) is 0 Å². The maximum atomic E-state index is 11.9. The van der Waals surface area contributed by atoms with Crippen molar-refractivity contribution in [1.29, 1.82) is 0 Å². The molecule has 126 valence electrons. The highest BCUT2D eigenvalue weighted by Crippen LogP contribution is 2.34. The van der Waals surface area contributed by atoms with E-state index in [1.165, 1.54) is 0 Å². The van der Waals surface area contributed by atoms with Gasteiger partial charge in [-0.25, -0.2) is 0 Å². The molecule has 1 amide bonds. The topological polar surface area (TPSA) is 90.3 Å². The number of aliphatic carboxylic acids is 1. The van der Waals surface area contributed by atoms with Gasteiger partial charge >= 0.3 is 5.97 Å². The SMILES string of the molecule is CCN1C(=O)COc2ccc(C(O)CCN(C)CC(=O)O)cc21. The van der Waals surface area contributed by atoms with Crippen LogP contribution in [0, 0.1) is 0 Å². The van der Waals surface area contributed by atoms with Gasteiger partial charge in [0.2, 0.25) is 0 Å². The lowest BCUT2D eigenvalue weighted by atomic mass is 10.0. The molecule has 1 aromatic carbocycles. The molecule has 7 heteroatoms. The average molecular weight is 322 g/mol. The number of hydrogen-bond donors (Lipinski definition) is 2. The fraction of sp³-hybridized carbons (Fsp3) is 0.500. The minimum absolute atomic E-state index is 0.0305. The highest BCUT2D eigenvalue weighted by molar-refractivity contribution is 5.97. The predicted octanol–water partition coefficient (Wildman–Crippen LogP) is 0.872. The molecule has 0 saturated heterocycles. The molecule has 1 unspecified atom stereocenters. The second-order valence-electron chi connectivity index (χ2n) is 5.59. The van der Waals surface area contributed by atoms with Crippen LogP contribution in [-0.2, 0) is 9.59 Å². The standard InChI is InChI=1S/C16H22N2O5/c1-3-18-12-8-11(4-5-14(12)23-10-15(18)20)13(19)6-7-17(2)9-16(21)22/h4-5,8,13,19H,3,6-7,9-10H2,1-2H3,(H,21,22). The fourth-order valence-electron chi connectivity index (χ4n) is 2.59. The summed E-state index contributed by atoms with van der Waals surface area (Å²) in [5.41, 5.74) is 1.35. The van der Waals surface area contributed by atoms with Crippen molar-refractivity contribution in [3.05, 3.63) is 23.8 Å². The zero-order valence-electron chi connectivity index (χ0n) is 13.4. The minimum atomic E-state index is -0.898. The molecule has 1 atom stereocenters. The molecular weight excluding hydrogens is 300 g/mol. The van der Waals surface area contributed by atoms with Crippen LogP contribution < -0.4 is 9.64 Å². The number of carboxylic acid groups (broad SMARTS) is 1. The summed E-state index contributed by atoms with van der Waals surface area (Å²) in [4.78, 5) is 25.8. The Bertz CT molecular complexity index is 590. The molecule has 7 nitrogen and oxygen atoms in total. The van der Waals surface area contributed by atoms with E-state index < -0.39 is 12.1 Å². The first kappa shape index (κ1) is 17.2. The summed E-state index contributed by atoms with van der Waals surface area (Å²) in [5.74, 6) is -0.372. The Kier molecular flexibility index (Phi) is 5.57. The smallest absolute Gasteiger partial charge is 0.317 e. The third-order valence-corrected chi connectivity index (χ3v) is 3.82. The van der Waals surface area contributed by atoms with Crippen molar-refractivity contribution in [1.82, 2.24) is 4.90 Å². The van der Waals surface area contributed by atoms with E-state index in [0.717, 1.165) is 0 Å². The lowest BCUT2D eigenvalue weighted by Gasteiger charge is -2.29. The Morgan fingerprint density at radius 2 is 2.22 bits per heavy atom. The molecule has 0 aliphatic carbocycles. The fourth-order valence-corrected chi connectivity index (χ4v) is 2.59. The Hall–Kier alpha value is -2.12. The van der Waals surface area contributed by atoms with Crippen LogP contribution in [0.5, 0.6) is 5.75 Å². The molecule has 2 N–H and O–H groups in total. The zero-order valence-corrected chi connectivity index (χ0v) is 13.4. The Balaban J connectivity index is 2.07. The van der Waals surface area contributed by atoms with Crippen LogP contribution in [0.3, 0.4) is 0 Å². The van der Waals surface area contributed by atoms with Gasteiger partial charge in [-0.05, 0) is 38.1 Å². The molecule has 0 spiro atoms. The number of hydrogen-bond acceptors (Lipinski definition) is 5. The largest absolute Gasteiger partial charge is 0.482 e. The molecule has 23 heavy (non-hydrogen) atoms. The van der Waals surface area contributed by atoms with Gasteiger partial charge in [0, 0.05) is 13.1 Å². The number of aliphatic hydroxyl groups is 1. The number of aliphatic hydroxyl groups excluding tert-OH is 1. The van der Waals surface area contributed by atoms with Crippen LogP contribution in [0.2, 0.25) is 0 Å². The number of nitrogens with zero attached hydrogens (tertiary/aromatic N) is 2. The molecule has 1 aliphatic heterocycles. The summed E-state index contributed by atoms with van der Waals surface area (Å²) >= 11 is 0. The van der Waals surface area contributed by atoms with Gasteiger partial charge in [0.1, 0.15) is 5.75 Å². The predicted molar refractivity (Wildman–Crippen MR) is 84.7 cm³/mol. The van der Waals surface area contributed by atoms with Gasteiger partial charge in [0.15, 0.2) is 6.61 Å². The summed E-state index contributed by atoms with van der Waals surface area (Å²) in [6.07, 6.45) is -0.323. The molecule has 1 heterocycles. The van der Waals surface area contributed by atoms with Crippen LogP contribution in [0.15, 0.2) is 18.2 Å². The first-order valence-corrected chi connectivity index (χ1v) is 7.58. The number of likely N-dealkylation sites (N-methyl/N-ethyl adjacent to an activating group) is 2. The van der Waals surface area contributed by atoms with Crippen molar-refractivity contribution in [2.75, 3.05) is 38.2 Å². The van der Waals surface area contributed by atoms with Gasteiger partial charge in [-0.3, -0.25) is 14.5 Å². The van der Waals surface area contributed by atoms with Crippen LogP contribution in [0.25, 0.3) is 0 Å². The molecule has 0 aromatic heterocycles. The Morgan fingerprint density at radius 3 is 2.87 bits per heavy atom. The Labute approximate surface area is 135 Å². The van der Waals surface area contributed by atoms with E-state index in [0.29, 0.717) is 36.5 Å². The van der Waals surface area contributed by atoms with Gasteiger partial charge in [0.05, 0.1) is 18.3 Å². The van der Waals surface area contributed by atoms with Crippen molar-refractivity contribution >= 4 is 17.6 Å². The summed E-state index contributed by atoms with van der Waals surface area (Å²) in [7, 11) is 1.69. The van der Waals surface area contributed by atoms with Crippen LogP contribution >= 0.6 is 0 Å². The maximum Gasteiger partial charge on any atom is 0.317 e. The molecule has 0 radical (unpaired) electrons. The number of fused-ring (bicyclic) bond motifs is 1. The maximum absolute atomic E-state index is 11.9. The number of carbonyl (C=O) groups excluding carboxylic acids is 1. The second-order valence-corrected chi connectivity index (χ2v) is 5.59. The van der Waals surface area contributed by atoms with Crippen molar-refractivity contribution in [2.45, 2.75) is 19.4 Å². The quantitative estimate of drug-likeness (QED) is 0.774. The average Bonchev–Trinajstić information content (AvgIpc) is 2.51. The second kappa shape index (κ2) is 7.43. The molecule has 1 aromatic rings. The van der Waals surface area contributed by atoms with Crippen molar-refractivity contribution in [2.24, 2.45) is 0 Å². The van der Waals surface area contributed by atoms with Gasteiger partial charge in [-0.2, -0.15) is 0 Å². The minimum Gasteiger partial charge on any atom is -0.482 e.